The van der Waals surface area contributed by atoms with E-state index >= 15 is 0 Å². The summed E-state index contributed by atoms with van der Waals surface area (Å²) < 4.78 is 14.4. The molecule has 0 unspecified atom stereocenters. The van der Waals surface area contributed by atoms with Crippen molar-refractivity contribution in [1.82, 2.24) is 9.97 Å². The number of anilines is 3. The van der Waals surface area contributed by atoms with Gasteiger partial charge in [-0.3, -0.25) is 0 Å². The van der Waals surface area contributed by atoms with Crippen molar-refractivity contribution in [2.75, 3.05) is 17.3 Å². The summed E-state index contributed by atoms with van der Waals surface area (Å²) in [6.45, 7) is 0. The number of nitrogens with one attached hydrogen (secondary N) is 1. The number of rotatable bonds is 3. The van der Waals surface area contributed by atoms with Gasteiger partial charge in [-0.15, -0.1) is 0 Å². The number of nitrogens with two attached hydrogens (primary N) is 1. The second-order valence-electron chi connectivity index (χ2n) is 3.41. The minimum Gasteiger partial charge on any atom is -0.383 e. The van der Waals surface area contributed by atoms with Gasteiger partial charge in [0.1, 0.15) is 17.5 Å². The van der Waals surface area contributed by atoms with Gasteiger partial charge in [0.05, 0.1) is 5.69 Å². The zero-order valence-corrected chi connectivity index (χ0v) is 11.8. The maximum atomic E-state index is 13.6. The van der Waals surface area contributed by atoms with Crippen LogP contribution < -0.4 is 11.1 Å². The molecule has 3 N–H and O–H groups in total. The van der Waals surface area contributed by atoms with Gasteiger partial charge in [0, 0.05) is 10.5 Å². The van der Waals surface area contributed by atoms with Crippen LogP contribution in [0, 0.1) is 5.82 Å². The molecule has 0 saturated heterocycles. The van der Waals surface area contributed by atoms with Crippen LogP contribution in [0.25, 0.3) is 0 Å². The fourth-order valence-corrected chi connectivity index (χ4v) is 2.08. The zero-order chi connectivity index (χ0) is 13.1. The van der Waals surface area contributed by atoms with Crippen LogP contribution in [0.2, 0.25) is 0 Å². The van der Waals surface area contributed by atoms with E-state index in [4.69, 9.17) is 5.73 Å². The van der Waals surface area contributed by atoms with E-state index in [9.17, 15) is 4.39 Å². The molecule has 0 bridgehead atoms. The maximum Gasteiger partial charge on any atom is 0.191 e. The molecule has 0 fully saturated rings. The Hall–Kier alpha value is -1.34. The van der Waals surface area contributed by atoms with Crippen molar-refractivity contribution in [2.45, 2.75) is 5.16 Å². The predicted molar refractivity (Wildman–Crippen MR) is 75.6 cm³/mol. The molecule has 4 nitrogen and oxygen atoms in total. The summed E-state index contributed by atoms with van der Waals surface area (Å²) in [4.78, 5) is 8.22. The molecule has 0 aliphatic rings. The van der Waals surface area contributed by atoms with Gasteiger partial charge in [-0.25, -0.2) is 14.4 Å². The monoisotopic (exact) mass is 328 g/mol. The third-order valence-electron chi connectivity index (χ3n) is 2.10. The van der Waals surface area contributed by atoms with E-state index in [0.717, 1.165) is 4.47 Å². The fraction of sp³-hybridized carbons (Fsp3) is 0.0909. The zero-order valence-electron chi connectivity index (χ0n) is 9.45. The van der Waals surface area contributed by atoms with Crippen LogP contribution in [-0.4, -0.2) is 16.2 Å². The molecule has 2 aromatic rings. The van der Waals surface area contributed by atoms with Crippen LogP contribution in [0.3, 0.4) is 0 Å². The van der Waals surface area contributed by atoms with Gasteiger partial charge in [-0.1, -0.05) is 27.7 Å². The Morgan fingerprint density at radius 1 is 1.33 bits per heavy atom. The van der Waals surface area contributed by atoms with Gasteiger partial charge in [0.15, 0.2) is 5.16 Å². The lowest BCUT2D eigenvalue weighted by atomic mass is 10.3. The molecule has 0 aliphatic carbocycles. The molecule has 1 aromatic carbocycles. The van der Waals surface area contributed by atoms with Crippen LogP contribution in [0.4, 0.5) is 21.7 Å². The van der Waals surface area contributed by atoms with Gasteiger partial charge in [0.2, 0.25) is 0 Å². The molecule has 0 spiro atoms. The Bertz CT molecular complexity index is 579. The first kappa shape index (κ1) is 13.1. The molecule has 0 amide bonds. The van der Waals surface area contributed by atoms with Crippen LogP contribution >= 0.6 is 27.7 Å². The normalized spacial score (nSPS) is 10.4. The highest BCUT2D eigenvalue weighted by Crippen LogP contribution is 2.24. The summed E-state index contributed by atoms with van der Waals surface area (Å²) in [5, 5.41) is 3.41. The lowest BCUT2D eigenvalue weighted by Crippen LogP contribution is -2.01. The Labute approximate surface area is 116 Å². The van der Waals surface area contributed by atoms with E-state index in [1.165, 1.54) is 17.8 Å². The smallest absolute Gasteiger partial charge is 0.191 e. The van der Waals surface area contributed by atoms with E-state index in [-0.39, 0.29) is 5.82 Å². The maximum absolute atomic E-state index is 13.6. The highest BCUT2D eigenvalue weighted by molar-refractivity contribution is 9.10. The number of hydrogen-bond acceptors (Lipinski definition) is 5. The SMILES string of the molecule is CSc1nc(N)cc(Nc2cc(Br)ccc2F)n1. The second-order valence-corrected chi connectivity index (χ2v) is 5.10. The number of halogens is 2. The molecular formula is C11H10BrFN4S. The van der Waals surface area contributed by atoms with Crippen molar-refractivity contribution < 1.29 is 4.39 Å². The van der Waals surface area contributed by atoms with E-state index in [0.29, 0.717) is 22.5 Å². The average molecular weight is 329 g/mol. The molecule has 18 heavy (non-hydrogen) atoms. The molecule has 2 rings (SSSR count). The van der Waals surface area contributed by atoms with E-state index in [1.54, 1.807) is 18.2 Å². The molecule has 1 heterocycles. The van der Waals surface area contributed by atoms with Crippen molar-refractivity contribution in [3.05, 3.63) is 34.6 Å². The van der Waals surface area contributed by atoms with E-state index in [2.05, 4.69) is 31.2 Å². The molecule has 0 radical (unpaired) electrons. The number of aromatic nitrogens is 2. The third kappa shape index (κ3) is 3.11. The molecular weight excluding hydrogens is 319 g/mol. The fourth-order valence-electron chi connectivity index (χ4n) is 1.33. The Kier molecular flexibility index (Phi) is 4.03. The molecule has 0 saturated carbocycles. The summed E-state index contributed by atoms with van der Waals surface area (Å²) in [6.07, 6.45) is 1.85. The predicted octanol–water partition coefficient (Wildman–Crippen LogP) is 3.43. The molecule has 0 atom stereocenters. The second kappa shape index (κ2) is 5.53. The van der Waals surface area contributed by atoms with Gasteiger partial charge < -0.3 is 11.1 Å². The van der Waals surface area contributed by atoms with Crippen molar-refractivity contribution >= 4 is 45.0 Å². The van der Waals surface area contributed by atoms with Crippen LogP contribution in [0.15, 0.2) is 33.9 Å². The lowest BCUT2D eigenvalue weighted by molar-refractivity contribution is 0.631. The number of nitrogen functional groups attached to an aromatic ring is 1. The van der Waals surface area contributed by atoms with E-state index in [1.807, 2.05) is 6.26 Å². The van der Waals surface area contributed by atoms with Crippen molar-refractivity contribution in [3.8, 4) is 0 Å². The van der Waals surface area contributed by atoms with Gasteiger partial charge in [0.25, 0.3) is 0 Å². The lowest BCUT2D eigenvalue weighted by Gasteiger charge is -2.08. The van der Waals surface area contributed by atoms with Gasteiger partial charge in [-0.2, -0.15) is 0 Å². The highest BCUT2D eigenvalue weighted by Gasteiger charge is 2.06. The quantitative estimate of drug-likeness (QED) is 0.667. The van der Waals surface area contributed by atoms with Gasteiger partial charge in [-0.05, 0) is 24.5 Å². The van der Waals surface area contributed by atoms with Crippen LogP contribution in [0.1, 0.15) is 0 Å². The summed E-state index contributed by atoms with van der Waals surface area (Å²) in [6, 6.07) is 6.18. The van der Waals surface area contributed by atoms with Gasteiger partial charge >= 0.3 is 0 Å². The first-order chi connectivity index (χ1) is 8.58. The Morgan fingerprint density at radius 3 is 2.83 bits per heavy atom. The summed E-state index contributed by atoms with van der Waals surface area (Å²) in [5.74, 6) is 0.442. The number of benzene rings is 1. The van der Waals surface area contributed by atoms with Crippen LogP contribution in [0.5, 0.6) is 0 Å². The standard InChI is InChI=1S/C11H10BrFN4S/c1-18-11-16-9(14)5-10(17-11)15-8-4-6(12)2-3-7(8)13/h2-5H,1H3,(H3,14,15,16,17). The van der Waals surface area contributed by atoms with Crippen molar-refractivity contribution in [2.24, 2.45) is 0 Å². The summed E-state index contributed by atoms with van der Waals surface area (Å²) in [7, 11) is 0. The molecule has 1 aromatic heterocycles. The first-order valence-corrected chi connectivity index (χ1v) is 7.01. The number of thioether (sulfide) groups is 1. The average Bonchev–Trinajstić information content (AvgIpc) is 2.33. The number of nitrogens with zero attached hydrogens (tertiary/aromatic N) is 2. The molecule has 0 aliphatic heterocycles. The number of hydrogen-bond donors (Lipinski definition) is 2. The molecule has 94 valence electrons. The molecule has 7 heteroatoms. The van der Waals surface area contributed by atoms with Crippen LogP contribution in [-0.2, 0) is 0 Å². The minimum absolute atomic E-state index is 0.328. The topological polar surface area (TPSA) is 63.8 Å². The summed E-state index contributed by atoms with van der Waals surface area (Å²) in [5.41, 5.74) is 5.98. The van der Waals surface area contributed by atoms with Crippen molar-refractivity contribution in [3.63, 3.8) is 0 Å². The Balaban J connectivity index is 2.33. The van der Waals surface area contributed by atoms with Crippen molar-refractivity contribution in [1.29, 1.82) is 0 Å². The third-order valence-corrected chi connectivity index (χ3v) is 3.14. The highest BCUT2D eigenvalue weighted by atomic mass is 79.9. The Morgan fingerprint density at radius 2 is 2.11 bits per heavy atom. The van der Waals surface area contributed by atoms with E-state index < -0.39 is 0 Å². The minimum atomic E-state index is -0.360. The summed E-state index contributed by atoms with van der Waals surface area (Å²) >= 11 is 4.65. The first-order valence-electron chi connectivity index (χ1n) is 4.99. The largest absolute Gasteiger partial charge is 0.383 e.